The molecule has 16 heavy (non-hydrogen) atoms. The highest BCUT2D eigenvalue weighted by molar-refractivity contribution is 4.81. The molecule has 0 fully saturated rings. The lowest BCUT2D eigenvalue weighted by atomic mass is 10.2. The Morgan fingerprint density at radius 1 is 0.938 bits per heavy atom. The number of imidazole rings is 2. The van der Waals surface area contributed by atoms with Gasteiger partial charge < -0.3 is 9.13 Å². The number of nitrogens with zero attached hydrogens (tertiary/aromatic N) is 4. The molecule has 0 N–H and O–H groups in total. The van der Waals surface area contributed by atoms with Crippen molar-refractivity contribution in [3.05, 3.63) is 44.0 Å². The fourth-order valence-corrected chi connectivity index (χ4v) is 1.65. The molecule has 4 heteroatoms. The molecule has 0 unspecified atom stereocenters. The van der Waals surface area contributed by atoms with E-state index in [0.717, 1.165) is 13.0 Å². The summed E-state index contributed by atoms with van der Waals surface area (Å²) in [5.74, 6) is 0. The molecule has 0 aliphatic rings. The molecule has 1 radical (unpaired) electrons. The van der Waals surface area contributed by atoms with Gasteiger partial charge in [0.1, 0.15) is 0 Å². The molecule has 2 heterocycles. The molecule has 0 aliphatic heterocycles. The monoisotopic (exact) mass is 217 g/mol. The van der Waals surface area contributed by atoms with Gasteiger partial charge in [0.05, 0.1) is 19.2 Å². The fourth-order valence-electron chi connectivity index (χ4n) is 1.65. The summed E-state index contributed by atoms with van der Waals surface area (Å²) < 4.78 is 4.13. The summed E-state index contributed by atoms with van der Waals surface area (Å²) in [6, 6.07) is 0. The predicted molar refractivity (Wildman–Crippen MR) is 62.6 cm³/mol. The molecule has 0 aromatic carbocycles. The van der Waals surface area contributed by atoms with Crippen molar-refractivity contribution in [1.82, 2.24) is 19.1 Å². The lowest BCUT2D eigenvalue weighted by Gasteiger charge is -2.03. The van der Waals surface area contributed by atoms with Gasteiger partial charge in [-0.3, -0.25) is 0 Å². The number of hydrogen-bond acceptors (Lipinski definition) is 2. The fraction of sp³-hybridized carbons (Fsp3) is 0.417. The summed E-state index contributed by atoms with van der Waals surface area (Å²) in [7, 11) is 0. The third kappa shape index (κ3) is 3.53. The van der Waals surface area contributed by atoms with Gasteiger partial charge in [-0.05, 0) is 12.8 Å². The third-order valence-corrected chi connectivity index (χ3v) is 2.54. The Labute approximate surface area is 96.0 Å². The van der Waals surface area contributed by atoms with Crippen LogP contribution in [-0.4, -0.2) is 19.1 Å². The summed E-state index contributed by atoms with van der Waals surface area (Å²) in [5.41, 5.74) is 0. The van der Waals surface area contributed by atoms with Crippen LogP contribution >= 0.6 is 0 Å². The Bertz CT molecular complexity index is 325. The zero-order chi connectivity index (χ0) is 11.1. The van der Waals surface area contributed by atoms with Gasteiger partial charge in [0.15, 0.2) is 0 Å². The second kappa shape index (κ2) is 6.10. The normalized spacial score (nSPS) is 10.8. The van der Waals surface area contributed by atoms with Crippen LogP contribution in [0, 0.1) is 6.54 Å². The second-order valence-corrected chi connectivity index (χ2v) is 3.84. The number of unbranched alkanes of at least 4 members (excludes halogenated alkanes) is 3. The first kappa shape index (κ1) is 10.9. The molecule has 4 nitrogen and oxygen atoms in total. The molecule has 2 aromatic rings. The van der Waals surface area contributed by atoms with Gasteiger partial charge in [0.25, 0.3) is 0 Å². The van der Waals surface area contributed by atoms with E-state index in [1.165, 1.54) is 19.3 Å². The molecule has 85 valence electrons. The van der Waals surface area contributed by atoms with E-state index < -0.39 is 0 Å². The highest BCUT2D eigenvalue weighted by atomic mass is 15.0. The van der Waals surface area contributed by atoms with E-state index in [0.29, 0.717) is 0 Å². The molecule has 0 bridgehead atoms. The van der Waals surface area contributed by atoms with Gasteiger partial charge in [-0.25, -0.2) is 9.97 Å². The summed E-state index contributed by atoms with van der Waals surface area (Å²) in [6.07, 6.45) is 16.1. The molecule has 2 rings (SSSR count). The molecular formula is C12H17N4. The standard InChI is InChI=1S/C12H17N4/c1(3-7-15-9-5-13-11-15)2-4-8-16-10-6-14-12-16/h5-7,9-12H,1-4,8H2. The van der Waals surface area contributed by atoms with Crippen LogP contribution in [0.25, 0.3) is 0 Å². The molecule has 2 aromatic heterocycles. The Balaban J connectivity index is 1.49. The first-order valence-corrected chi connectivity index (χ1v) is 5.71. The minimum atomic E-state index is 1.07. The smallest absolute Gasteiger partial charge is 0.0949 e. The lowest BCUT2D eigenvalue weighted by molar-refractivity contribution is 0.579. The van der Waals surface area contributed by atoms with E-state index in [9.17, 15) is 0 Å². The van der Waals surface area contributed by atoms with Crippen LogP contribution in [-0.2, 0) is 6.54 Å². The van der Waals surface area contributed by atoms with E-state index in [4.69, 9.17) is 0 Å². The maximum atomic E-state index is 4.02. The average molecular weight is 217 g/mol. The summed E-state index contributed by atoms with van der Waals surface area (Å²) in [4.78, 5) is 8.01. The number of rotatable bonds is 7. The van der Waals surface area contributed by atoms with Crippen LogP contribution in [0.2, 0.25) is 0 Å². The predicted octanol–water partition coefficient (Wildman–Crippen LogP) is 2.35. The minimum absolute atomic E-state index is 1.07. The van der Waals surface area contributed by atoms with Crippen LogP contribution < -0.4 is 0 Å². The lowest BCUT2D eigenvalue weighted by Crippen LogP contribution is -1.95. The Kier molecular flexibility index (Phi) is 4.16. The highest BCUT2D eigenvalue weighted by Gasteiger charge is 1.93. The Morgan fingerprint density at radius 3 is 2.56 bits per heavy atom. The zero-order valence-corrected chi connectivity index (χ0v) is 9.37. The van der Waals surface area contributed by atoms with E-state index in [1.54, 1.807) is 6.20 Å². The van der Waals surface area contributed by atoms with Crippen LogP contribution in [0.15, 0.2) is 37.4 Å². The van der Waals surface area contributed by atoms with E-state index >= 15 is 0 Å². The van der Waals surface area contributed by atoms with Gasteiger partial charge >= 0.3 is 0 Å². The minimum Gasteiger partial charge on any atom is -0.337 e. The molecule has 0 aliphatic carbocycles. The molecule has 0 saturated carbocycles. The van der Waals surface area contributed by atoms with Crippen molar-refractivity contribution in [2.75, 3.05) is 0 Å². The summed E-state index contributed by atoms with van der Waals surface area (Å²) >= 11 is 0. The molecule has 0 saturated heterocycles. The number of aromatic nitrogens is 4. The van der Waals surface area contributed by atoms with Crippen LogP contribution in [0.4, 0.5) is 0 Å². The van der Waals surface area contributed by atoms with Crippen LogP contribution in [0.3, 0.4) is 0 Å². The molecular weight excluding hydrogens is 200 g/mol. The first-order chi connectivity index (χ1) is 7.95. The van der Waals surface area contributed by atoms with E-state index in [2.05, 4.69) is 21.1 Å². The van der Waals surface area contributed by atoms with Crippen molar-refractivity contribution < 1.29 is 0 Å². The van der Waals surface area contributed by atoms with Gasteiger partial charge in [-0.2, -0.15) is 0 Å². The average Bonchev–Trinajstić information content (AvgIpc) is 2.96. The van der Waals surface area contributed by atoms with Gasteiger partial charge in [0, 0.05) is 31.3 Å². The summed E-state index contributed by atoms with van der Waals surface area (Å²) in [5, 5.41) is 0. The van der Waals surface area contributed by atoms with Gasteiger partial charge in [-0.15, -0.1) is 0 Å². The van der Waals surface area contributed by atoms with Crippen molar-refractivity contribution in [3.63, 3.8) is 0 Å². The van der Waals surface area contributed by atoms with Gasteiger partial charge in [0.2, 0.25) is 0 Å². The second-order valence-electron chi connectivity index (χ2n) is 3.84. The summed E-state index contributed by atoms with van der Waals surface area (Å²) in [6.45, 7) is 3.25. The zero-order valence-electron chi connectivity index (χ0n) is 9.37. The van der Waals surface area contributed by atoms with E-state index in [-0.39, 0.29) is 0 Å². The molecule has 0 amide bonds. The Morgan fingerprint density at radius 2 is 1.81 bits per heavy atom. The van der Waals surface area contributed by atoms with Crippen molar-refractivity contribution in [2.45, 2.75) is 32.2 Å². The number of aryl methyl sites for hydroxylation is 1. The third-order valence-electron chi connectivity index (χ3n) is 2.54. The quantitative estimate of drug-likeness (QED) is 0.667. The van der Waals surface area contributed by atoms with Gasteiger partial charge in [-0.1, -0.05) is 12.8 Å². The van der Waals surface area contributed by atoms with Crippen LogP contribution in [0.1, 0.15) is 25.7 Å². The van der Waals surface area contributed by atoms with Crippen molar-refractivity contribution in [3.8, 4) is 0 Å². The topological polar surface area (TPSA) is 35.6 Å². The molecule has 0 spiro atoms. The maximum absolute atomic E-state index is 4.02. The van der Waals surface area contributed by atoms with Crippen LogP contribution in [0.5, 0.6) is 0 Å². The highest BCUT2D eigenvalue weighted by Crippen LogP contribution is 2.05. The first-order valence-electron chi connectivity index (χ1n) is 5.71. The maximum Gasteiger partial charge on any atom is 0.0949 e. The number of hydrogen-bond donors (Lipinski definition) is 0. The van der Waals surface area contributed by atoms with Crippen molar-refractivity contribution >= 4 is 0 Å². The largest absolute Gasteiger partial charge is 0.337 e. The molecule has 0 atom stereocenters. The van der Waals surface area contributed by atoms with Crippen molar-refractivity contribution in [2.24, 2.45) is 0 Å². The van der Waals surface area contributed by atoms with E-state index in [1.807, 2.05) is 35.8 Å². The Hall–Kier alpha value is -1.58. The van der Waals surface area contributed by atoms with Crippen molar-refractivity contribution in [1.29, 1.82) is 0 Å². The SMILES string of the molecule is [CH](CCCCCn1ccnc1)n1ccnc1.